The molecule has 142 valence electrons. The summed E-state index contributed by atoms with van der Waals surface area (Å²) in [6.07, 6.45) is 0. The first-order chi connectivity index (χ1) is 13.4. The fraction of sp³-hybridized carbons (Fsp3) is 0.105. The fourth-order valence-electron chi connectivity index (χ4n) is 2.67. The second-order valence-corrected chi connectivity index (χ2v) is 9.78. The predicted molar refractivity (Wildman–Crippen MR) is 115 cm³/mol. The summed E-state index contributed by atoms with van der Waals surface area (Å²) in [4.78, 5) is 26.3. The number of aryl methyl sites for hydroxylation is 1. The highest BCUT2D eigenvalue weighted by Crippen LogP contribution is 2.32. The summed E-state index contributed by atoms with van der Waals surface area (Å²) in [5, 5.41) is 5.95. The number of carbonyl (C=O) groups is 2. The number of aromatic nitrogens is 2. The minimum absolute atomic E-state index is 0.233. The van der Waals surface area contributed by atoms with Crippen LogP contribution in [0.25, 0.3) is 15.9 Å². The van der Waals surface area contributed by atoms with Crippen LogP contribution in [0.2, 0.25) is 5.02 Å². The number of ketones is 1. The molecule has 5 nitrogen and oxygen atoms in total. The number of hydrogen-bond acceptors (Lipinski definition) is 6. The third-order valence-electron chi connectivity index (χ3n) is 4.01. The molecule has 3 heterocycles. The first kappa shape index (κ1) is 19.3. The Morgan fingerprint density at radius 1 is 1.18 bits per heavy atom. The maximum absolute atomic E-state index is 12.5. The lowest BCUT2D eigenvalue weighted by atomic mass is 10.3. The Hall–Kier alpha value is -2.00. The Bertz CT molecular complexity index is 1210. The summed E-state index contributed by atoms with van der Waals surface area (Å²) in [6, 6.07) is 12.6. The molecule has 0 spiro atoms. The quantitative estimate of drug-likeness (QED) is 0.255. The number of carbonyl (C=O) groups excluding carboxylic acids is 2. The first-order valence-corrected chi connectivity index (χ1v) is 10.9. The minimum atomic E-state index is -0.532. The lowest BCUT2D eigenvalue weighted by molar-refractivity contribution is 0.0481. The number of nitrogens with zero attached hydrogens (tertiary/aromatic N) is 2. The molecule has 0 N–H and O–H groups in total. The zero-order valence-electron chi connectivity index (χ0n) is 14.4. The number of fused-ring (bicyclic) bond motifs is 1. The van der Waals surface area contributed by atoms with Crippen molar-refractivity contribution in [1.82, 2.24) is 9.78 Å². The average Bonchev–Trinajstić information content (AvgIpc) is 3.37. The number of rotatable bonds is 5. The van der Waals surface area contributed by atoms with E-state index in [1.54, 1.807) is 28.9 Å². The molecule has 0 aliphatic carbocycles. The van der Waals surface area contributed by atoms with Crippen molar-refractivity contribution in [2.24, 2.45) is 0 Å². The summed E-state index contributed by atoms with van der Waals surface area (Å²) in [5.74, 6) is -0.765. The average molecular weight is 496 g/mol. The van der Waals surface area contributed by atoms with Gasteiger partial charge in [-0.2, -0.15) is 5.10 Å². The van der Waals surface area contributed by atoms with Crippen molar-refractivity contribution in [3.8, 4) is 5.69 Å². The Kier molecular flexibility index (Phi) is 5.37. The van der Waals surface area contributed by atoms with Gasteiger partial charge in [-0.1, -0.05) is 23.7 Å². The summed E-state index contributed by atoms with van der Waals surface area (Å²) < 4.78 is 7.80. The Balaban J connectivity index is 1.58. The summed E-state index contributed by atoms with van der Waals surface area (Å²) in [5.41, 5.74) is 1.52. The van der Waals surface area contributed by atoms with Crippen molar-refractivity contribution in [1.29, 1.82) is 0 Å². The topological polar surface area (TPSA) is 61.2 Å². The fourth-order valence-corrected chi connectivity index (χ4v) is 5.27. The van der Waals surface area contributed by atoms with Crippen LogP contribution in [-0.4, -0.2) is 28.1 Å². The van der Waals surface area contributed by atoms with Gasteiger partial charge in [-0.05, 0) is 53.2 Å². The van der Waals surface area contributed by atoms with Crippen LogP contribution in [0.15, 0.2) is 46.3 Å². The van der Waals surface area contributed by atoms with Crippen LogP contribution in [0.1, 0.15) is 25.0 Å². The minimum Gasteiger partial charge on any atom is -0.453 e. The van der Waals surface area contributed by atoms with Crippen molar-refractivity contribution in [3.63, 3.8) is 0 Å². The van der Waals surface area contributed by atoms with Gasteiger partial charge in [-0.25, -0.2) is 9.48 Å². The lowest BCUT2D eigenvalue weighted by Gasteiger charge is -2.04. The van der Waals surface area contributed by atoms with Gasteiger partial charge in [0.1, 0.15) is 9.71 Å². The van der Waals surface area contributed by atoms with E-state index in [1.165, 1.54) is 22.7 Å². The number of benzene rings is 1. The Morgan fingerprint density at radius 2 is 1.96 bits per heavy atom. The molecule has 0 aliphatic rings. The number of ether oxygens (including phenoxy) is 1. The molecule has 0 aliphatic heterocycles. The number of thiophene rings is 2. The van der Waals surface area contributed by atoms with Gasteiger partial charge in [0, 0.05) is 5.39 Å². The molecule has 3 aromatic heterocycles. The largest absolute Gasteiger partial charge is 0.453 e. The maximum Gasteiger partial charge on any atom is 0.348 e. The number of halogens is 2. The summed E-state index contributed by atoms with van der Waals surface area (Å²) in [7, 11) is 0. The van der Waals surface area contributed by atoms with Crippen LogP contribution in [0.5, 0.6) is 0 Å². The van der Waals surface area contributed by atoms with E-state index < -0.39 is 5.97 Å². The van der Waals surface area contributed by atoms with Crippen LogP contribution in [0.3, 0.4) is 0 Å². The summed E-state index contributed by atoms with van der Waals surface area (Å²) >= 11 is 12.2. The van der Waals surface area contributed by atoms with Gasteiger partial charge in [0.25, 0.3) is 0 Å². The molecule has 0 unspecified atom stereocenters. The molecule has 0 saturated heterocycles. The third kappa shape index (κ3) is 3.65. The first-order valence-electron chi connectivity index (χ1n) is 8.14. The number of para-hydroxylation sites is 1. The van der Waals surface area contributed by atoms with Gasteiger partial charge < -0.3 is 4.74 Å². The molecular weight excluding hydrogens is 484 g/mol. The highest BCUT2D eigenvalue weighted by Gasteiger charge is 2.20. The molecule has 0 bridgehead atoms. The van der Waals surface area contributed by atoms with E-state index in [0.717, 1.165) is 25.4 Å². The van der Waals surface area contributed by atoms with Crippen LogP contribution < -0.4 is 0 Å². The van der Waals surface area contributed by atoms with Gasteiger partial charge in [0.05, 0.1) is 25.1 Å². The van der Waals surface area contributed by atoms with E-state index in [9.17, 15) is 9.59 Å². The van der Waals surface area contributed by atoms with Gasteiger partial charge in [-0.15, -0.1) is 22.7 Å². The molecule has 28 heavy (non-hydrogen) atoms. The van der Waals surface area contributed by atoms with Crippen molar-refractivity contribution < 1.29 is 14.3 Å². The maximum atomic E-state index is 12.5. The third-order valence-corrected chi connectivity index (χ3v) is 7.08. The van der Waals surface area contributed by atoms with Gasteiger partial charge in [-0.3, -0.25) is 4.79 Å². The zero-order chi connectivity index (χ0) is 19.8. The van der Waals surface area contributed by atoms with E-state index in [0.29, 0.717) is 14.8 Å². The van der Waals surface area contributed by atoms with Crippen LogP contribution in [0, 0.1) is 6.92 Å². The number of hydrogen-bond donors (Lipinski definition) is 0. The van der Waals surface area contributed by atoms with E-state index in [2.05, 4.69) is 21.0 Å². The zero-order valence-corrected chi connectivity index (χ0v) is 18.4. The molecular formula is C19H12BrClN2O3S2. The highest BCUT2D eigenvalue weighted by molar-refractivity contribution is 9.11. The molecule has 0 atom stereocenters. The van der Waals surface area contributed by atoms with Crippen LogP contribution in [-0.2, 0) is 4.74 Å². The highest BCUT2D eigenvalue weighted by atomic mass is 79.9. The monoisotopic (exact) mass is 494 g/mol. The van der Waals surface area contributed by atoms with E-state index in [4.69, 9.17) is 16.3 Å². The second kappa shape index (κ2) is 7.79. The van der Waals surface area contributed by atoms with Gasteiger partial charge in [0.15, 0.2) is 6.61 Å². The Labute approximate surface area is 181 Å². The van der Waals surface area contributed by atoms with Crippen molar-refractivity contribution in [3.05, 3.63) is 66.7 Å². The molecule has 4 aromatic rings. The van der Waals surface area contributed by atoms with Crippen LogP contribution in [0.4, 0.5) is 0 Å². The predicted octanol–water partition coefficient (Wildman–Crippen LogP) is 5.91. The molecule has 0 radical (unpaired) electrons. The van der Waals surface area contributed by atoms with Crippen molar-refractivity contribution in [2.45, 2.75) is 6.92 Å². The normalized spacial score (nSPS) is 11.1. The molecule has 0 amide bonds. The Morgan fingerprint density at radius 3 is 2.68 bits per heavy atom. The van der Waals surface area contributed by atoms with Crippen molar-refractivity contribution in [2.75, 3.05) is 6.61 Å². The molecule has 1 aromatic carbocycles. The van der Waals surface area contributed by atoms with Gasteiger partial charge >= 0.3 is 5.97 Å². The van der Waals surface area contributed by atoms with Gasteiger partial charge in [0.2, 0.25) is 5.78 Å². The lowest BCUT2D eigenvalue weighted by Crippen LogP contribution is -2.12. The SMILES string of the molecule is Cc1nn(-c2ccccc2Cl)c2sc(C(=O)OCC(=O)c3ccc(Br)s3)cc12. The van der Waals surface area contributed by atoms with E-state index >= 15 is 0 Å². The smallest absolute Gasteiger partial charge is 0.348 e. The molecule has 0 saturated carbocycles. The summed E-state index contributed by atoms with van der Waals surface area (Å²) in [6.45, 7) is 1.57. The van der Waals surface area contributed by atoms with Crippen molar-refractivity contribution >= 4 is 72.2 Å². The number of Topliss-reactive ketones (excluding diaryl/α,β-unsaturated/α-hetero) is 1. The van der Waals surface area contributed by atoms with Crippen LogP contribution >= 0.6 is 50.2 Å². The second-order valence-electron chi connectivity index (χ2n) is 5.88. The molecule has 9 heteroatoms. The van der Waals surface area contributed by atoms with E-state index in [-0.39, 0.29) is 12.4 Å². The molecule has 4 rings (SSSR count). The molecule has 0 fully saturated rings. The van der Waals surface area contributed by atoms with E-state index in [1.807, 2.05) is 25.1 Å². The number of esters is 1. The standard InChI is InChI=1S/C19H12BrClN2O3S2/c1-10-11-8-16(19(25)26-9-14(24)15-6-7-17(20)27-15)28-18(11)23(22-10)13-5-3-2-4-12(13)21/h2-8H,9H2,1H3.